The molecule has 0 bridgehead atoms. The fraction of sp³-hybridized carbons (Fsp3) is 0.143. The Kier molecular flexibility index (Phi) is 1.31. The number of rotatable bonds is 0. The zero-order chi connectivity index (χ0) is 7.90. The zero-order valence-corrected chi connectivity index (χ0v) is 6.62. The maximum absolute atomic E-state index is 11.3. The van der Waals surface area contributed by atoms with Crippen molar-refractivity contribution >= 4 is 12.7 Å². The summed E-state index contributed by atoms with van der Waals surface area (Å²) < 4.78 is 16.3. The molecule has 0 saturated carbocycles. The molecule has 0 radical (unpaired) electrons. The topological polar surface area (TPSA) is 46.5 Å². The lowest BCUT2D eigenvalue weighted by atomic mass is 10.3. The maximum atomic E-state index is 11.3. The molecule has 1 atom stereocenters. The van der Waals surface area contributed by atoms with E-state index in [1.54, 1.807) is 24.3 Å². The molecular weight excluding hydrogens is 163 g/mol. The Morgan fingerprint density at radius 2 is 2.18 bits per heavy atom. The lowest BCUT2D eigenvalue weighted by Gasteiger charge is -1.97. The minimum absolute atomic E-state index is 0.0770. The summed E-state index contributed by atoms with van der Waals surface area (Å²) in [5.41, 5.74) is 0. The second-order valence-corrected chi connectivity index (χ2v) is 4.59. The molecule has 0 amide bonds. The van der Waals surface area contributed by atoms with Gasteiger partial charge in [-0.05, 0) is 12.1 Å². The summed E-state index contributed by atoms with van der Waals surface area (Å²) in [4.78, 5) is 9.28. The summed E-state index contributed by atoms with van der Waals surface area (Å²) in [6.07, 6.45) is -0.0770. The van der Waals surface area contributed by atoms with E-state index in [4.69, 9.17) is 4.74 Å². The van der Waals surface area contributed by atoms with Crippen LogP contribution in [0.1, 0.15) is 0 Å². The lowest BCUT2D eigenvalue weighted by Crippen LogP contribution is -1.97. The molecule has 0 aromatic heterocycles. The van der Waals surface area contributed by atoms with Crippen LogP contribution in [-0.2, 0) is 4.57 Å². The van der Waals surface area contributed by atoms with Gasteiger partial charge < -0.3 is 9.63 Å². The van der Waals surface area contributed by atoms with E-state index >= 15 is 0 Å². The van der Waals surface area contributed by atoms with Crippen LogP contribution < -0.4 is 10.0 Å². The molecule has 1 heterocycles. The molecule has 1 aromatic carbocycles. The van der Waals surface area contributed by atoms with Gasteiger partial charge in [-0.15, -0.1) is 0 Å². The van der Waals surface area contributed by atoms with Crippen molar-refractivity contribution in [3.05, 3.63) is 24.3 Å². The van der Waals surface area contributed by atoms with Gasteiger partial charge in [-0.25, -0.2) is 0 Å². The standard InChI is InChI=1S/C7H7O3P/c8-11(9)5-10-6-3-1-2-4-7(6)11/h1-4H,5H2,(H,8,9). The van der Waals surface area contributed by atoms with Crippen molar-refractivity contribution in [2.24, 2.45) is 0 Å². The number of benzene rings is 1. The van der Waals surface area contributed by atoms with Crippen LogP contribution in [0.4, 0.5) is 0 Å². The average molecular weight is 170 g/mol. The van der Waals surface area contributed by atoms with Gasteiger partial charge in [0.05, 0.1) is 5.30 Å². The second kappa shape index (κ2) is 2.10. The number of para-hydroxylation sites is 1. The summed E-state index contributed by atoms with van der Waals surface area (Å²) in [7, 11) is -3.16. The molecule has 1 aliphatic heterocycles. The Balaban J connectivity index is 2.65. The minimum Gasteiger partial charge on any atom is -0.482 e. The lowest BCUT2D eigenvalue weighted by molar-refractivity contribution is 0.374. The zero-order valence-electron chi connectivity index (χ0n) is 5.73. The van der Waals surface area contributed by atoms with E-state index in [2.05, 4.69) is 0 Å². The van der Waals surface area contributed by atoms with Gasteiger partial charge >= 0.3 is 0 Å². The molecule has 1 N–H and O–H groups in total. The van der Waals surface area contributed by atoms with Crippen LogP contribution >= 0.6 is 7.37 Å². The van der Waals surface area contributed by atoms with Crippen LogP contribution in [-0.4, -0.2) is 11.2 Å². The fourth-order valence-electron chi connectivity index (χ4n) is 1.09. The molecule has 1 aromatic rings. The van der Waals surface area contributed by atoms with E-state index < -0.39 is 7.37 Å². The van der Waals surface area contributed by atoms with Gasteiger partial charge in [0.1, 0.15) is 5.75 Å². The molecule has 3 nitrogen and oxygen atoms in total. The first kappa shape index (κ1) is 6.89. The summed E-state index contributed by atoms with van der Waals surface area (Å²) in [5, 5.41) is 0.444. The predicted molar refractivity (Wildman–Crippen MR) is 41.4 cm³/mol. The van der Waals surface area contributed by atoms with E-state index in [9.17, 15) is 9.46 Å². The van der Waals surface area contributed by atoms with Crippen molar-refractivity contribution < 1.29 is 14.2 Å². The van der Waals surface area contributed by atoms with Crippen molar-refractivity contribution in [2.75, 3.05) is 6.35 Å². The quantitative estimate of drug-likeness (QED) is 0.589. The molecular formula is C7H7O3P. The van der Waals surface area contributed by atoms with Gasteiger partial charge in [-0.3, -0.25) is 4.57 Å². The number of fused-ring (bicyclic) bond motifs is 1. The van der Waals surface area contributed by atoms with Crippen molar-refractivity contribution in [2.45, 2.75) is 0 Å². The summed E-state index contributed by atoms with van der Waals surface area (Å²) in [6, 6.07) is 6.84. The van der Waals surface area contributed by atoms with Crippen LogP contribution in [0.15, 0.2) is 24.3 Å². The van der Waals surface area contributed by atoms with Gasteiger partial charge in [0.15, 0.2) is 6.35 Å². The Bertz CT molecular complexity index is 334. The Hall–Kier alpha value is -0.790. The van der Waals surface area contributed by atoms with Crippen LogP contribution in [0.2, 0.25) is 0 Å². The highest BCUT2D eigenvalue weighted by atomic mass is 31.2. The second-order valence-electron chi connectivity index (χ2n) is 2.44. The van der Waals surface area contributed by atoms with Crippen molar-refractivity contribution in [1.29, 1.82) is 0 Å². The normalized spacial score (nSPS) is 27.7. The SMILES string of the molecule is O=P1(O)COc2ccccc21. The molecule has 1 unspecified atom stereocenters. The number of ether oxygens (including phenoxy) is 1. The van der Waals surface area contributed by atoms with E-state index in [1.165, 1.54) is 0 Å². The number of hydrogen-bond donors (Lipinski definition) is 1. The van der Waals surface area contributed by atoms with Gasteiger partial charge in [0.2, 0.25) is 0 Å². The third-order valence-electron chi connectivity index (χ3n) is 1.64. The summed E-state index contributed by atoms with van der Waals surface area (Å²) in [6.45, 7) is 0. The molecule has 11 heavy (non-hydrogen) atoms. The smallest absolute Gasteiger partial charge is 0.269 e. The van der Waals surface area contributed by atoms with E-state index in [0.717, 1.165) is 0 Å². The largest absolute Gasteiger partial charge is 0.482 e. The van der Waals surface area contributed by atoms with Gasteiger partial charge in [0, 0.05) is 0 Å². The molecule has 0 aliphatic carbocycles. The van der Waals surface area contributed by atoms with Gasteiger partial charge in [-0.1, -0.05) is 12.1 Å². The monoisotopic (exact) mass is 170 g/mol. The Morgan fingerprint density at radius 1 is 1.45 bits per heavy atom. The molecule has 0 fully saturated rings. The fourth-order valence-corrected chi connectivity index (χ4v) is 2.35. The van der Waals surface area contributed by atoms with Crippen LogP contribution in [0.5, 0.6) is 5.75 Å². The highest BCUT2D eigenvalue weighted by Crippen LogP contribution is 2.47. The first-order valence-corrected chi connectivity index (χ1v) is 5.09. The van der Waals surface area contributed by atoms with Gasteiger partial charge in [0.25, 0.3) is 7.37 Å². The average Bonchev–Trinajstić information content (AvgIpc) is 2.29. The summed E-state index contributed by atoms with van der Waals surface area (Å²) >= 11 is 0. The van der Waals surface area contributed by atoms with Crippen LogP contribution in [0.3, 0.4) is 0 Å². The van der Waals surface area contributed by atoms with Crippen LogP contribution in [0.25, 0.3) is 0 Å². The highest BCUT2D eigenvalue weighted by Gasteiger charge is 2.32. The third kappa shape index (κ3) is 0.971. The van der Waals surface area contributed by atoms with Crippen molar-refractivity contribution in [3.63, 3.8) is 0 Å². The number of hydrogen-bond acceptors (Lipinski definition) is 2. The Morgan fingerprint density at radius 3 is 2.91 bits per heavy atom. The van der Waals surface area contributed by atoms with Crippen molar-refractivity contribution in [3.8, 4) is 5.75 Å². The molecule has 0 spiro atoms. The molecule has 58 valence electrons. The van der Waals surface area contributed by atoms with E-state index in [0.29, 0.717) is 11.1 Å². The van der Waals surface area contributed by atoms with Gasteiger partial charge in [-0.2, -0.15) is 0 Å². The first-order chi connectivity index (χ1) is 5.20. The highest BCUT2D eigenvalue weighted by molar-refractivity contribution is 7.66. The molecule has 0 saturated heterocycles. The molecule has 1 aliphatic rings. The molecule has 2 rings (SSSR count). The summed E-state index contributed by atoms with van der Waals surface area (Å²) in [5.74, 6) is 0.540. The maximum Gasteiger partial charge on any atom is 0.269 e. The molecule has 4 heteroatoms. The predicted octanol–water partition coefficient (Wildman–Crippen LogP) is 0.932. The van der Waals surface area contributed by atoms with Crippen LogP contribution in [0, 0.1) is 0 Å². The first-order valence-electron chi connectivity index (χ1n) is 3.24. The minimum atomic E-state index is -3.16. The van der Waals surface area contributed by atoms with E-state index in [-0.39, 0.29) is 6.35 Å². The third-order valence-corrected chi connectivity index (χ3v) is 3.24. The van der Waals surface area contributed by atoms with E-state index in [1.807, 2.05) is 0 Å². The Labute approximate surface area is 64.1 Å². The van der Waals surface area contributed by atoms with Crippen molar-refractivity contribution in [1.82, 2.24) is 0 Å².